The Morgan fingerprint density at radius 2 is 2.00 bits per heavy atom. The van der Waals surface area contributed by atoms with Gasteiger partial charge in [-0.1, -0.05) is 24.3 Å². The van der Waals surface area contributed by atoms with E-state index in [1.165, 1.54) is 6.26 Å². The fraction of sp³-hybridized carbons (Fsp3) is 0.0833. The number of carbonyl (C=O) groups is 1. The van der Waals surface area contributed by atoms with Crippen molar-refractivity contribution in [3.63, 3.8) is 0 Å². The summed E-state index contributed by atoms with van der Waals surface area (Å²) in [5.41, 5.74) is 0. The van der Waals surface area contributed by atoms with Crippen molar-refractivity contribution in [2.75, 3.05) is 0 Å². The third-order valence-corrected chi connectivity index (χ3v) is 1.89. The Labute approximate surface area is 87.6 Å². The van der Waals surface area contributed by atoms with Gasteiger partial charge < -0.3 is 9.47 Å². The maximum Gasteiger partial charge on any atom is 0.356 e. The van der Waals surface area contributed by atoms with Gasteiger partial charge in [0.05, 0.1) is 6.26 Å². The summed E-state index contributed by atoms with van der Waals surface area (Å²) in [6, 6.07) is 8.91. The van der Waals surface area contributed by atoms with Crippen LogP contribution in [0.4, 0.5) is 0 Å². The molecule has 2 rings (SSSR count). The van der Waals surface area contributed by atoms with E-state index < -0.39 is 12.1 Å². The first kappa shape index (κ1) is 9.52. The van der Waals surface area contributed by atoms with Gasteiger partial charge in [-0.05, 0) is 24.3 Å². The quantitative estimate of drug-likeness (QED) is 0.544. The number of carbonyl (C=O) groups excluding carboxylic acids is 1. The van der Waals surface area contributed by atoms with Gasteiger partial charge in [0, 0.05) is 0 Å². The Bertz CT molecular complexity index is 393. The van der Waals surface area contributed by atoms with Crippen molar-refractivity contribution in [1.29, 1.82) is 0 Å². The zero-order valence-corrected chi connectivity index (χ0v) is 8.00. The highest BCUT2D eigenvalue weighted by Crippen LogP contribution is 2.11. The van der Waals surface area contributed by atoms with Crippen molar-refractivity contribution >= 4 is 5.97 Å². The molecule has 1 unspecified atom stereocenters. The molecule has 15 heavy (non-hydrogen) atoms. The van der Waals surface area contributed by atoms with Crippen LogP contribution in [-0.4, -0.2) is 12.1 Å². The molecule has 1 aliphatic rings. The minimum Gasteiger partial charge on any atom is -0.482 e. The SMILES string of the molecule is O=C(Oc1ccccc1)C1C=CC=CO1. The zero-order chi connectivity index (χ0) is 10.5. The first-order valence-electron chi connectivity index (χ1n) is 4.62. The molecule has 76 valence electrons. The van der Waals surface area contributed by atoms with E-state index in [4.69, 9.17) is 9.47 Å². The fourth-order valence-electron chi connectivity index (χ4n) is 1.18. The van der Waals surface area contributed by atoms with Crippen LogP contribution in [0.15, 0.2) is 54.8 Å². The molecular formula is C12H10O3. The maximum atomic E-state index is 11.5. The molecule has 0 saturated heterocycles. The number of esters is 1. The van der Waals surface area contributed by atoms with Gasteiger partial charge in [0.25, 0.3) is 0 Å². The summed E-state index contributed by atoms with van der Waals surface area (Å²) in [4.78, 5) is 11.5. The minimum atomic E-state index is -0.643. The summed E-state index contributed by atoms with van der Waals surface area (Å²) in [6.45, 7) is 0. The third-order valence-electron chi connectivity index (χ3n) is 1.89. The lowest BCUT2D eigenvalue weighted by Crippen LogP contribution is -2.26. The van der Waals surface area contributed by atoms with Crippen LogP contribution in [0.3, 0.4) is 0 Å². The Hall–Kier alpha value is -2.03. The maximum absolute atomic E-state index is 11.5. The normalized spacial score (nSPS) is 18.3. The lowest BCUT2D eigenvalue weighted by Gasteiger charge is -2.13. The summed E-state index contributed by atoms with van der Waals surface area (Å²) in [7, 11) is 0. The van der Waals surface area contributed by atoms with Gasteiger partial charge in [-0.3, -0.25) is 0 Å². The van der Waals surface area contributed by atoms with E-state index in [-0.39, 0.29) is 0 Å². The molecule has 0 fully saturated rings. The number of allylic oxidation sites excluding steroid dienone is 2. The van der Waals surface area contributed by atoms with Crippen LogP contribution in [0.5, 0.6) is 5.75 Å². The summed E-state index contributed by atoms with van der Waals surface area (Å²) in [5, 5.41) is 0. The highest BCUT2D eigenvalue weighted by atomic mass is 16.6. The van der Waals surface area contributed by atoms with Crippen LogP contribution in [0.25, 0.3) is 0 Å². The third kappa shape index (κ3) is 2.47. The molecule has 0 saturated carbocycles. The molecule has 1 heterocycles. The molecule has 0 amide bonds. The Balaban J connectivity index is 1.98. The second-order valence-corrected chi connectivity index (χ2v) is 3.00. The van der Waals surface area contributed by atoms with E-state index in [2.05, 4.69) is 0 Å². The van der Waals surface area contributed by atoms with Gasteiger partial charge in [0.1, 0.15) is 5.75 Å². The van der Waals surface area contributed by atoms with Crippen LogP contribution < -0.4 is 4.74 Å². The van der Waals surface area contributed by atoms with Gasteiger partial charge in [-0.15, -0.1) is 0 Å². The summed E-state index contributed by atoms with van der Waals surface area (Å²) in [6.07, 6.45) is 5.93. The number of hydrogen-bond acceptors (Lipinski definition) is 3. The fourth-order valence-corrected chi connectivity index (χ4v) is 1.18. The average molecular weight is 202 g/mol. The summed E-state index contributed by atoms with van der Waals surface area (Å²) < 4.78 is 10.2. The molecule has 0 spiro atoms. The molecule has 1 aromatic carbocycles. The second kappa shape index (κ2) is 4.46. The van der Waals surface area contributed by atoms with Crippen molar-refractivity contribution in [3.8, 4) is 5.75 Å². The van der Waals surface area contributed by atoms with E-state index in [1.54, 1.807) is 42.5 Å². The van der Waals surface area contributed by atoms with Crippen molar-refractivity contribution in [2.45, 2.75) is 6.10 Å². The summed E-state index contributed by atoms with van der Waals surface area (Å²) in [5.74, 6) is 0.107. The molecule has 1 aliphatic heterocycles. The Morgan fingerprint density at radius 1 is 1.20 bits per heavy atom. The van der Waals surface area contributed by atoms with Crippen LogP contribution in [0.1, 0.15) is 0 Å². The lowest BCUT2D eigenvalue weighted by atomic mass is 10.3. The van der Waals surface area contributed by atoms with Crippen molar-refractivity contribution in [1.82, 2.24) is 0 Å². The monoisotopic (exact) mass is 202 g/mol. The Kier molecular flexibility index (Phi) is 2.83. The smallest absolute Gasteiger partial charge is 0.356 e. The number of benzene rings is 1. The van der Waals surface area contributed by atoms with Crippen LogP contribution in [-0.2, 0) is 9.53 Å². The van der Waals surface area contributed by atoms with Crippen LogP contribution >= 0.6 is 0 Å². The van der Waals surface area contributed by atoms with E-state index in [0.717, 1.165) is 0 Å². The average Bonchev–Trinajstić information content (AvgIpc) is 2.31. The highest BCUT2D eigenvalue weighted by Gasteiger charge is 2.18. The molecule has 1 aromatic rings. The predicted molar refractivity (Wildman–Crippen MR) is 55.2 cm³/mol. The van der Waals surface area contributed by atoms with Crippen molar-refractivity contribution < 1.29 is 14.3 Å². The minimum absolute atomic E-state index is 0.415. The molecule has 1 atom stereocenters. The molecule has 0 radical (unpaired) electrons. The zero-order valence-electron chi connectivity index (χ0n) is 8.00. The van der Waals surface area contributed by atoms with Crippen LogP contribution in [0.2, 0.25) is 0 Å². The van der Waals surface area contributed by atoms with Gasteiger partial charge >= 0.3 is 5.97 Å². The molecular weight excluding hydrogens is 192 g/mol. The van der Waals surface area contributed by atoms with E-state index in [9.17, 15) is 4.79 Å². The predicted octanol–water partition coefficient (Wildman–Crippen LogP) is 2.06. The van der Waals surface area contributed by atoms with Crippen molar-refractivity contribution in [3.05, 3.63) is 54.8 Å². The highest BCUT2D eigenvalue weighted by molar-refractivity contribution is 5.79. The number of para-hydroxylation sites is 1. The molecule has 0 bridgehead atoms. The van der Waals surface area contributed by atoms with Gasteiger partial charge in [-0.2, -0.15) is 0 Å². The molecule has 3 heteroatoms. The molecule has 0 aromatic heterocycles. The van der Waals surface area contributed by atoms with Crippen molar-refractivity contribution in [2.24, 2.45) is 0 Å². The van der Waals surface area contributed by atoms with E-state index in [1.807, 2.05) is 6.07 Å². The first-order chi connectivity index (χ1) is 7.36. The number of rotatable bonds is 2. The van der Waals surface area contributed by atoms with Crippen LogP contribution in [0, 0.1) is 0 Å². The Morgan fingerprint density at radius 3 is 2.67 bits per heavy atom. The van der Waals surface area contributed by atoms with E-state index >= 15 is 0 Å². The van der Waals surface area contributed by atoms with E-state index in [0.29, 0.717) is 5.75 Å². The van der Waals surface area contributed by atoms with Gasteiger partial charge in [-0.25, -0.2) is 4.79 Å². The standard InChI is InChI=1S/C12H10O3/c13-12(11-8-4-5-9-14-11)15-10-6-2-1-3-7-10/h1-9,11H. The number of ether oxygens (including phenoxy) is 2. The topological polar surface area (TPSA) is 35.5 Å². The summed E-state index contributed by atoms with van der Waals surface area (Å²) >= 11 is 0. The first-order valence-corrected chi connectivity index (χ1v) is 4.62. The largest absolute Gasteiger partial charge is 0.482 e. The molecule has 0 N–H and O–H groups in total. The molecule has 0 aliphatic carbocycles. The van der Waals surface area contributed by atoms with Gasteiger partial charge in [0.15, 0.2) is 0 Å². The van der Waals surface area contributed by atoms with Gasteiger partial charge in [0.2, 0.25) is 6.10 Å². The lowest BCUT2D eigenvalue weighted by molar-refractivity contribution is -0.141. The molecule has 3 nitrogen and oxygen atoms in total. The second-order valence-electron chi connectivity index (χ2n) is 3.00. The number of hydrogen-bond donors (Lipinski definition) is 0.